The number of fused-ring (bicyclic) bond motifs is 3. The van der Waals surface area contributed by atoms with Gasteiger partial charge in [0, 0.05) is 12.5 Å². The number of alkyl carbamates (subject to hydrolysis) is 1. The summed E-state index contributed by atoms with van der Waals surface area (Å²) in [6, 6.07) is 14.7. The first-order chi connectivity index (χ1) is 19.6. The van der Waals surface area contributed by atoms with E-state index < -0.39 is 41.4 Å². The summed E-state index contributed by atoms with van der Waals surface area (Å²) < 4.78 is 16.3. The van der Waals surface area contributed by atoms with E-state index in [-0.39, 0.29) is 32.0 Å². The maximum absolute atomic E-state index is 12.7. The van der Waals surface area contributed by atoms with Gasteiger partial charge in [0.25, 0.3) is 0 Å². The highest BCUT2D eigenvalue weighted by Gasteiger charge is 2.30. The number of carbonyl (C=O) groups excluding carboxylic acids is 3. The lowest BCUT2D eigenvalue weighted by Gasteiger charge is -2.28. The van der Waals surface area contributed by atoms with Crippen LogP contribution in [0.5, 0.6) is 0 Å². The third kappa shape index (κ3) is 9.49. The molecule has 0 unspecified atom stereocenters. The van der Waals surface area contributed by atoms with Gasteiger partial charge in [0.05, 0.1) is 0 Å². The smallest absolute Gasteiger partial charge is 0.410 e. The van der Waals surface area contributed by atoms with Gasteiger partial charge >= 0.3 is 24.1 Å². The van der Waals surface area contributed by atoms with E-state index in [0.717, 1.165) is 22.3 Å². The van der Waals surface area contributed by atoms with E-state index in [1.165, 1.54) is 4.90 Å². The van der Waals surface area contributed by atoms with Crippen molar-refractivity contribution in [3.8, 4) is 11.1 Å². The predicted octanol–water partition coefficient (Wildman–Crippen LogP) is 5.73. The summed E-state index contributed by atoms with van der Waals surface area (Å²) >= 11 is 0. The zero-order chi connectivity index (χ0) is 31.1. The number of amides is 2. The van der Waals surface area contributed by atoms with E-state index in [2.05, 4.69) is 5.32 Å². The molecule has 1 aliphatic carbocycles. The maximum atomic E-state index is 12.7. The van der Waals surface area contributed by atoms with Gasteiger partial charge in [-0.15, -0.1) is 0 Å². The van der Waals surface area contributed by atoms with Crippen LogP contribution < -0.4 is 5.32 Å². The molecule has 0 saturated heterocycles. The number of rotatable bonds is 11. The van der Waals surface area contributed by atoms with E-state index in [1.54, 1.807) is 41.5 Å². The number of carbonyl (C=O) groups is 4. The highest BCUT2D eigenvalue weighted by molar-refractivity contribution is 5.81. The lowest BCUT2D eigenvalue weighted by atomic mass is 9.98. The first-order valence-corrected chi connectivity index (χ1v) is 14.2. The molecule has 42 heavy (non-hydrogen) atoms. The van der Waals surface area contributed by atoms with Crippen molar-refractivity contribution in [3.63, 3.8) is 0 Å². The van der Waals surface area contributed by atoms with E-state index >= 15 is 0 Å². The van der Waals surface area contributed by atoms with Crippen molar-refractivity contribution in [1.82, 2.24) is 10.2 Å². The molecular weight excluding hydrogens is 540 g/mol. The van der Waals surface area contributed by atoms with Gasteiger partial charge in [0.1, 0.15) is 30.4 Å². The molecule has 0 aromatic heterocycles. The van der Waals surface area contributed by atoms with Gasteiger partial charge in [-0.25, -0.2) is 14.4 Å². The van der Waals surface area contributed by atoms with Crippen molar-refractivity contribution >= 4 is 24.1 Å². The first kappa shape index (κ1) is 32.4. The van der Waals surface area contributed by atoms with Crippen LogP contribution in [0.4, 0.5) is 9.59 Å². The Morgan fingerprint density at radius 1 is 0.857 bits per heavy atom. The average Bonchev–Trinajstić information content (AvgIpc) is 3.20. The van der Waals surface area contributed by atoms with Crippen LogP contribution in [0.15, 0.2) is 48.5 Å². The van der Waals surface area contributed by atoms with Crippen LogP contribution >= 0.6 is 0 Å². The summed E-state index contributed by atoms with van der Waals surface area (Å²) in [5.74, 6) is -1.91. The van der Waals surface area contributed by atoms with Crippen LogP contribution in [0.3, 0.4) is 0 Å². The standard InChI is InChI=1S/C32H42N2O8/c1-31(2,3)41-27(35)19-34(30(39)42-32(4,5)6)18-12-11-17-26(28(36)37)33-29(38)40-20-25-23-15-9-7-13-21(23)22-14-8-10-16-24(22)25/h7-10,13-16,25-26H,11-12,17-20H2,1-6H3,(H,33,38)(H,36,37)/t26-/m0/s1. The Morgan fingerprint density at radius 3 is 1.93 bits per heavy atom. The molecule has 2 N–H and O–H groups in total. The Hall–Kier alpha value is -4.08. The first-order valence-electron chi connectivity index (χ1n) is 14.2. The van der Waals surface area contributed by atoms with Gasteiger partial charge in [-0.1, -0.05) is 48.5 Å². The molecule has 2 amide bonds. The Morgan fingerprint density at radius 2 is 1.40 bits per heavy atom. The normalized spacial score (nSPS) is 13.4. The second kappa shape index (κ2) is 13.7. The van der Waals surface area contributed by atoms with Crippen LogP contribution in [0, 0.1) is 0 Å². The molecule has 0 aliphatic heterocycles. The minimum atomic E-state index is -1.19. The van der Waals surface area contributed by atoms with Crippen LogP contribution in [-0.2, 0) is 23.8 Å². The van der Waals surface area contributed by atoms with Crippen molar-refractivity contribution < 1.29 is 38.5 Å². The highest BCUT2D eigenvalue weighted by Crippen LogP contribution is 2.44. The number of carboxylic acids is 1. The molecule has 228 valence electrons. The SMILES string of the molecule is CC(C)(C)OC(=O)CN(CCCC[C@H](NC(=O)OCC1c2ccccc2-c2ccccc21)C(=O)O)C(=O)OC(C)(C)C. The van der Waals surface area contributed by atoms with Crippen LogP contribution in [0.2, 0.25) is 0 Å². The van der Waals surface area contributed by atoms with Gasteiger partial charge in [-0.2, -0.15) is 0 Å². The summed E-state index contributed by atoms with van der Waals surface area (Å²) in [4.78, 5) is 50.8. The monoisotopic (exact) mass is 582 g/mol. The Balaban J connectivity index is 1.53. The summed E-state index contributed by atoms with van der Waals surface area (Å²) in [6.45, 7) is 10.3. The highest BCUT2D eigenvalue weighted by atomic mass is 16.6. The van der Waals surface area contributed by atoms with Crippen molar-refractivity contribution in [1.29, 1.82) is 0 Å². The lowest BCUT2D eigenvalue weighted by molar-refractivity contribution is -0.156. The fraction of sp³-hybridized carbons (Fsp3) is 0.500. The minimum absolute atomic E-state index is 0.0711. The number of hydrogen-bond acceptors (Lipinski definition) is 7. The number of hydrogen-bond donors (Lipinski definition) is 2. The summed E-state index contributed by atoms with van der Waals surface area (Å²) in [5.41, 5.74) is 2.83. The molecule has 0 fully saturated rings. The number of ether oxygens (including phenoxy) is 3. The fourth-order valence-corrected chi connectivity index (χ4v) is 4.78. The Kier molecular flexibility index (Phi) is 10.6. The average molecular weight is 583 g/mol. The van der Waals surface area contributed by atoms with E-state index in [1.807, 2.05) is 48.5 Å². The number of benzene rings is 2. The Bertz CT molecular complexity index is 1230. The maximum Gasteiger partial charge on any atom is 0.410 e. The fourth-order valence-electron chi connectivity index (χ4n) is 4.78. The largest absolute Gasteiger partial charge is 0.480 e. The van der Waals surface area contributed by atoms with Gasteiger partial charge in [0.15, 0.2) is 0 Å². The van der Waals surface area contributed by atoms with Gasteiger partial charge in [-0.05, 0) is 83.1 Å². The van der Waals surface area contributed by atoms with Gasteiger partial charge < -0.3 is 24.6 Å². The van der Waals surface area contributed by atoms with Crippen molar-refractivity contribution in [3.05, 3.63) is 59.7 Å². The summed E-state index contributed by atoms with van der Waals surface area (Å²) in [6.07, 6.45) is -0.648. The molecule has 0 saturated carbocycles. The molecule has 2 aromatic rings. The molecule has 10 nitrogen and oxygen atoms in total. The number of aliphatic carboxylic acids is 1. The number of nitrogens with zero attached hydrogens (tertiary/aromatic N) is 1. The molecule has 3 rings (SSSR count). The van der Waals surface area contributed by atoms with Crippen molar-refractivity contribution in [2.24, 2.45) is 0 Å². The number of nitrogens with one attached hydrogen (secondary N) is 1. The third-order valence-electron chi connectivity index (χ3n) is 6.50. The van der Waals surface area contributed by atoms with Crippen LogP contribution in [-0.4, -0.2) is 71.1 Å². The minimum Gasteiger partial charge on any atom is -0.480 e. The summed E-state index contributed by atoms with van der Waals surface area (Å²) in [5, 5.41) is 12.1. The Labute approximate surface area is 247 Å². The molecular formula is C32H42N2O8. The molecule has 10 heteroatoms. The molecule has 0 spiro atoms. The number of carboxylic acid groups (broad SMARTS) is 1. The third-order valence-corrected chi connectivity index (χ3v) is 6.50. The zero-order valence-electron chi connectivity index (χ0n) is 25.3. The number of esters is 1. The molecule has 0 radical (unpaired) electrons. The zero-order valence-corrected chi connectivity index (χ0v) is 25.3. The topological polar surface area (TPSA) is 131 Å². The molecule has 0 heterocycles. The van der Waals surface area contributed by atoms with Crippen molar-refractivity contribution in [2.75, 3.05) is 19.7 Å². The number of unbranched alkanes of at least 4 members (excludes halogenated alkanes) is 1. The molecule has 2 aromatic carbocycles. The molecule has 1 aliphatic rings. The molecule has 1 atom stereocenters. The van der Waals surface area contributed by atoms with E-state index in [9.17, 15) is 24.3 Å². The van der Waals surface area contributed by atoms with Crippen LogP contribution in [0.25, 0.3) is 11.1 Å². The van der Waals surface area contributed by atoms with E-state index in [4.69, 9.17) is 14.2 Å². The second-order valence-corrected chi connectivity index (χ2v) is 12.3. The van der Waals surface area contributed by atoms with Gasteiger partial charge in [0.2, 0.25) is 0 Å². The van der Waals surface area contributed by atoms with Crippen molar-refractivity contribution in [2.45, 2.75) is 84.0 Å². The quantitative estimate of drug-likeness (QED) is 0.195. The lowest BCUT2D eigenvalue weighted by Crippen LogP contribution is -2.43. The van der Waals surface area contributed by atoms with Crippen LogP contribution in [0.1, 0.15) is 77.8 Å². The second-order valence-electron chi connectivity index (χ2n) is 12.3. The molecule has 0 bridgehead atoms. The predicted molar refractivity (Wildman–Crippen MR) is 157 cm³/mol. The summed E-state index contributed by atoms with van der Waals surface area (Å²) in [7, 11) is 0. The van der Waals surface area contributed by atoms with E-state index in [0.29, 0.717) is 12.8 Å². The van der Waals surface area contributed by atoms with Gasteiger partial charge in [-0.3, -0.25) is 9.69 Å².